The molecule has 1 saturated carbocycles. The number of piperidine rings is 1. The molecular formula is C14H26N2. The smallest absolute Gasteiger partial charge is 0.0124 e. The van der Waals surface area contributed by atoms with E-state index in [2.05, 4.69) is 10.2 Å². The molecule has 0 amide bonds. The first-order chi connectivity index (χ1) is 7.93. The molecule has 0 aromatic rings. The molecule has 0 aromatic carbocycles. The SMILES string of the molecule is C1CC(C2CCCN2CC2CCNCC2)C1. The van der Waals surface area contributed by atoms with Gasteiger partial charge in [0.05, 0.1) is 0 Å². The minimum absolute atomic E-state index is 0.976. The van der Waals surface area contributed by atoms with E-state index in [9.17, 15) is 0 Å². The average Bonchev–Trinajstić information content (AvgIpc) is 2.66. The summed E-state index contributed by atoms with van der Waals surface area (Å²) >= 11 is 0. The van der Waals surface area contributed by atoms with E-state index in [1.807, 2.05) is 0 Å². The van der Waals surface area contributed by atoms with Gasteiger partial charge in [-0.15, -0.1) is 0 Å². The summed E-state index contributed by atoms with van der Waals surface area (Å²) in [5.74, 6) is 2.06. The molecule has 1 aliphatic carbocycles. The molecule has 1 atom stereocenters. The predicted octanol–water partition coefficient (Wildman–Crippen LogP) is 2.25. The van der Waals surface area contributed by atoms with Crippen molar-refractivity contribution < 1.29 is 0 Å². The Labute approximate surface area is 99.8 Å². The van der Waals surface area contributed by atoms with Gasteiger partial charge in [0.25, 0.3) is 0 Å². The Balaban J connectivity index is 1.52. The molecule has 3 rings (SSSR count). The number of likely N-dealkylation sites (tertiary alicyclic amines) is 1. The van der Waals surface area contributed by atoms with Gasteiger partial charge in [0.1, 0.15) is 0 Å². The lowest BCUT2D eigenvalue weighted by Gasteiger charge is -2.39. The lowest BCUT2D eigenvalue weighted by molar-refractivity contribution is 0.109. The zero-order valence-electron chi connectivity index (χ0n) is 10.5. The van der Waals surface area contributed by atoms with Crippen molar-refractivity contribution in [2.75, 3.05) is 26.2 Å². The van der Waals surface area contributed by atoms with Crippen LogP contribution in [0.4, 0.5) is 0 Å². The number of nitrogens with zero attached hydrogens (tertiary/aromatic N) is 1. The second kappa shape index (κ2) is 5.05. The second-order valence-corrected chi connectivity index (χ2v) is 6.09. The van der Waals surface area contributed by atoms with Crippen LogP contribution >= 0.6 is 0 Å². The Morgan fingerprint density at radius 1 is 0.938 bits per heavy atom. The van der Waals surface area contributed by atoms with Gasteiger partial charge in [-0.25, -0.2) is 0 Å². The number of rotatable bonds is 3. The van der Waals surface area contributed by atoms with Crippen LogP contribution < -0.4 is 5.32 Å². The van der Waals surface area contributed by atoms with E-state index >= 15 is 0 Å². The lowest BCUT2D eigenvalue weighted by Crippen LogP contribution is -2.43. The maximum absolute atomic E-state index is 3.48. The maximum atomic E-state index is 3.48. The van der Waals surface area contributed by atoms with Crippen LogP contribution in [0.1, 0.15) is 44.9 Å². The molecule has 16 heavy (non-hydrogen) atoms. The van der Waals surface area contributed by atoms with Crippen molar-refractivity contribution in [2.24, 2.45) is 11.8 Å². The van der Waals surface area contributed by atoms with Crippen LogP contribution in [0.5, 0.6) is 0 Å². The molecular weight excluding hydrogens is 196 g/mol. The van der Waals surface area contributed by atoms with Crippen LogP contribution in [0.2, 0.25) is 0 Å². The number of hydrogen-bond donors (Lipinski definition) is 1. The third-order valence-electron chi connectivity index (χ3n) is 5.06. The third-order valence-corrected chi connectivity index (χ3v) is 5.06. The van der Waals surface area contributed by atoms with Crippen LogP contribution in [0, 0.1) is 11.8 Å². The highest BCUT2D eigenvalue weighted by molar-refractivity contribution is 4.90. The standard InChI is InChI=1S/C14H26N2/c1-3-13(4-1)14-5-2-10-16(14)11-12-6-8-15-9-7-12/h12-15H,1-11H2. The van der Waals surface area contributed by atoms with Crippen molar-refractivity contribution in [1.82, 2.24) is 10.2 Å². The zero-order valence-corrected chi connectivity index (χ0v) is 10.5. The fourth-order valence-electron chi connectivity index (χ4n) is 3.83. The molecule has 2 saturated heterocycles. The van der Waals surface area contributed by atoms with Gasteiger partial charge < -0.3 is 5.32 Å². The van der Waals surface area contributed by atoms with Crippen LogP contribution in [-0.2, 0) is 0 Å². The van der Waals surface area contributed by atoms with Gasteiger partial charge in [-0.3, -0.25) is 4.90 Å². The zero-order chi connectivity index (χ0) is 10.8. The fraction of sp³-hybridized carbons (Fsp3) is 1.00. The molecule has 3 aliphatic rings. The molecule has 2 heterocycles. The van der Waals surface area contributed by atoms with Crippen molar-refractivity contribution >= 4 is 0 Å². The minimum Gasteiger partial charge on any atom is -0.317 e. The van der Waals surface area contributed by atoms with E-state index in [0.717, 1.165) is 17.9 Å². The molecule has 0 radical (unpaired) electrons. The van der Waals surface area contributed by atoms with Gasteiger partial charge in [-0.2, -0.15) is 0 Å². The van der Waals surface area contributed by atoms with Gasteiger partial charge in [0, 0.05) is 12.6 Å². The highest BCUT2D eigenvalue weighted by Gasteiger charge is 2.35. The normalized spacial score (nSPS) is 34.1. The van der Waals surface area contributed by atoms with Crippen molar-refractivity contribution in [3.05, 3.63) is 0 Å². The molecule has 1 unspecified atom stereocenters. The fourth-order valence-corrected chi connectivity index (χ4v) is 3.83. The summed E-state index contributed by atoms with van der Waals surface area (Å²) in [6, 6.07) is 0.976. The molecule has 2 aliphatic heterocycles. The van der Waals surface area contributed by atoms with E-state index in [0.29, 0.717) is 0 Å². The van der Waals surface area contributed by atoms with E-state index in [-0.39, 0.29) is 0 Å². The molecule has 92 valence electrons. The minimum atomic E-state index is 0.976. The van der Waals surface area contributed by atoms with Crippen molar-refractivity contribution in [3.63, 3.8) is 0 Å². The number of nitrogens with one attached hydrogen (secondary N) is 1. The van der Waals surface area contributed by atoms with Crippen molar-refractivity contribution in [1.29, 1.82) is 0 Å². The van der Waals surface area contributed by atoms with E-state index in [4.69, 9.17) is 0 Å². The summed E-state index contributed by atoms with van der Waals surface area (Å²) in [4.78, 5) is 2.85. The third kappa shape index (κ3) is 2.28. The highest BCUT2D eigenvalue weighted by Crippen LogP contribution is 2.37. The molecule has 1 N–H and O–H groups in total. The summed E-state index contributed by atoms with van der Waals surface area (Å²) in [6.07, 6.45) is 10.3. The van der Waals surface area contributed by atoms with Crippen molar-refractivity contribution in [3.8, 4) is 0 Å². The first-order valence-electron chi connectivity index (χ1n) is 7.38. The Morgan fingerprint density at radius 3 is 2.44 bits per heavy atom. The Hall–Kier alpha value is -0.0800. The topological polar surface area (TPSA) is 15.3 Å². The molecule has 0 bridgehead atoms. The second-order valence-electron chi connectivity index (χ2n) is 6.09. The molecule has 2 nitrogen and oxygen atoms in total. The maximum Gasteiger partial charge on any atom is 0.0124 e. The first-order valence-corrected chi connectivity index (χ1v) is 7.38. The van der Waals surface area contributed by atoms with E-state index in [1.54, 1.807) is 0 Å². The molecule has 3 fully saturated rings. The van der Waals surface area contributed by atoms with Gasteiger partial charge in [-0.1, -0.05) is 6.42 Å². The highest BCUT2D eigenvalue weighted by atomic mass is 15.2. The monoisotopic (exact) mass is 222 g/mol. The van der Waals surface area contributed by atoms with Crippen LogP contribution in [0.15, 0.2) is 0 Å². The van der Waals surface area contributed by atoms with Gasteiger partial charge in [0.2, 0.25) is 0 Å². The lowest BCUT2D eigenvalue weighted by atomic mass is 9.78. The Bertz CT molecular complexity index is 219. The summed E-state index contributed by atoms with van der Waals surface area (Å²) in [7, 11) is 0. The average molecular weight is 222 g/mol. The van der Waals surface area contributed by atoms with E-state index in [1.165, 1.54) is 71.1 Å². The Morgan fingerprint density at radius 2 is 1.75 bits per heavy atom. The largest absolute Gasteiger partial charge is 0.317 e. The Kier molecular flexibility index (Phi) is 3.49. The van der Waals surface area contributed by atoms with Crippen LogP contribution in [0.25, 0.3) is 0 Å². The van der Waals surface area contributed by atoms with Crippen LogP contribution in [0.3, 0.4) is 0 Å². The first kappa shape index (κ1) is 11.0. The molecule has 2 heteroatoms. The van der Waals surface area contributed by atoms with E-state index < -0.39 is 0 Å². The van der Waals surface area contributed by atoms with Crippen LogP contribution in [-0.4, -0.2) is 37.1 Å². The summed E-state index contributed by atoms with van der Waals surface area (Å²) in [5, 5.41) is 3.48. The summed E-state index contributed by atoms with van der Waals surface area (Å²) in [5.41, 5.74) is 0. The molecule has 0 aromatic heterocycles. The van der Waals surface area contributed by atoms with Gasteiger partial charge in [0.15, 0.2) is 0 Å². The number of hydrogen-bond acceptors (Lipinski definition) is 2. The predicted molar refractivity (Wildman–Crippen MR) is 67.5 cm³/mol. The summed E-state index contributed by atoms with van der Waals surface area (Å²) in [6.45, 7) is 5.31. The quantitative estimate of drug-likeness (QED) is 0.788. The van der Waals surface area contributed by atoms with Gasteiger partial charge in [-0.05, 0) is 70.0 Å². The summed E-state index contributed by atoms with van der Waals surface area (Å²) < 4.78 is 0. The van der Waals surface area contributed by atoms with Gasteiger partial charge >= 0.3 is 0 Å². The van der Waals surface area contributed by atoms with Crippen molar-refractivity contribution in [2.45, 2.75) is 51.0 Å². The molecule has 0 spiro atoms.